The van der Waals surface area contributed by atoms with E-state index in [1.54, 1.807) is 0 Å². The summed E-state index contributed by atoms with van der Waals surface area (Å²) in [5.74, 6) is 0. The van der Waals surface area contributed by atoms with E-state index in [1.165, 1.54) is 60.1 Å². The molecule has 5 aromatic rings. The first kappa shape index (κ1) is 30.4. The molecule has 0 N–H and O–H groups in total. The minimum absolute atomic E-state index is 0. The molecule has 0 aliphatic heterocycles. The Bertz CT molecular complexity index is 1340. The van der Waals surface area contributed by atoms with Gasteiger partial charge in [-0.15, -0.1) is 46.2 Å². The van der Waals surface area contributed by atoms with Crippen molar-refractivity contribution < 1.29 is 49.0 Å². The Kier molecular flexibility index (Phi) is 13.0. The first-order valence-electron chi connectivity index (χ1n) is 11.0. The standard InChI is InChI=1S/C13H8Cl2.C13H9.C5H5.2ClH.Zr/c14-12-5-1-10(2-6-12)9-11-3-7-13(15)8-4-11;1-3-7-12-10(5-1)9-11-6-2-4-8-13(11)12;1-2-4-5-3-1;;;/h1-8H;1-9H;1-3H,4H2;2*1H;/q;2*-1;;;+2/p-2. The van der Waals surface area contributed by atoms with Gasteiger partial charge in [-0.25, -0.2) is 12.2 Å². The number of fused-ring (bicyclic) bond motifs is 3. The first-order chi connectivity index (χ1) is 16.6. The fourth-order valence-corrected chi connectivity index (χ4v) is 4.72. The summed E-state index contributed by atoms with van der Waals surface area (Å²) in [7, 11) is 0. The van der Waals surface area contributed by atoms with Crippen LogP contribution in [0.15, 0.2) is 121 Å². The third kappa shape index (κ3) is 8.34. The minimum Gasteiger partial charge on any atom is -1.00 e. The SMILES string of the molecule is Clc1ccc([C](=[Zr+2])c2ccc(Cl)cc2)cc1.[C-]1=CC=CC1.[Cl-].[Cl-].c1ccc2c(c1)[cH-]c1ccccc12. The van der Waals surface area contributed by atoms with Crippen LogP contribution in [0.3, 0.4) is 0 Å². The van der Waals surface area contributed by atoms with Crippen molar-refractivity contribution in [1.29, 1.82) is 0 Å². The van der Waals surface area contributed by atoms with Crippen LogP contribution in [0.25, 0.3) is 21.5 Å². The average molecular weight is 628 g/mol. The summed E-state index contributed by atoms with van der Waals surface area (Å²) in [6, 6.07) is 35.1. The fourth-order valence-electron chi connectivity index (χ4n) is 3.64. The van der Waals surface area contributed by atoms with Gasteiger partial charge in [0.1, 0.15) is 0 Å². The monoisotopic (exact) mass is 624 g/mol. The molecular weight excluding hydrogens is 605 g/mol. The smallest absolute Gasteiger partial charge is 0.0771 e. The van der Waals surface area contributed by atoms with Gasteiger partial charge < -0.3 is 24.8 Å². The number of allylic oxidation sites excluding steroid dienone is 4. The maximum absolute atomic E-state index is 5.86. The predicted molar refractivity (Wildman–Crippen MR) is 145 cm³/mol. The van der Waals surface area contributed by atoms with E-state index in [2.05, 4.69) is 66.7 Å². The summed E-state index contributed by atoms with van der Waals surface area (Å²) in [4.78, 5) is 0. The van der Waals surface area contributed by atoms with Crippen LogP contribution < -0.4 is 24.8 Å². The van der Waals surface area contributed by atoms with Crippen molar-refractivity contribution in [2.75, 3.05) is 0 Å². The van der Waals surface area contributed by atoms with E-state index >= 15 is 0 Å². The maximum atomic E-state index is 5.86. The molecule has 0 fully saturated rings. The Labute approximate surface area is 250 Å². The molecule has 0 atom stereocenters. The summed E-state index contributed by atoms with van der Waals surface area (Å²) >= 11 is 13.1. The summed E-state index contributed by atoms with van der Waals surface area (Å²) < 4.78 is 1.31. The quantitative estimate of drug-likeness (QED) is 0.264. The van der Waals surface area contributed by atoms with Crippen molar-refractivity contribution in [2.45, 2.75) is 6.42 Å². The van der Waals surface area contributed by atoms with Gasteiger partial charge in [0.05, 0.1) is 0 Å². The molecule has 0 bridgehead atoms. The number of halogens is 4. The predicted octanol–water partition coefficient (Wildman–Crippen LogP) is 3.13. The van der Waals surface area contributed by atoms with Crippen LogP contribution in [0.2, 0.25) is 10.0 Å². The Morgan fingerprint density at radius 3 is 1.47 bits per heavy atom. The second kappa shape index (κ2) is 15.4. The Morgan fingerprint density at radius 1 is 0.667 bits per heavy atom. The van der Waals surface area contributed by atoms with Gasteiger partial charge in [0.25, 0.3) is 0 Å². The summed E-state index contributed by atoms with van der Waals surface area (Å²) in [6.07, 6.45) is 10.0. The second-order valence-corrected chi connectivity index (χ2v) is 9.81. The van der Waals surface area contributed by atoms with E-state index in [0.717, 1.165) is 16.5 Å². The normalized spacial score (nSPS) is 11.0. The topological polar surface area (TPSA) is 0 Å². The van der Waals surface area contributed by atoms with E-state index in [-0.39, 0.29) is 24.8 Å². The summed E-state index contributed by atoms with van der Waals surface area (Å²) in [6.45, 7) is 0. The van der Waals surface area contributed by atoms with Gasteiger partial charge in [0, 0.05) is 0 Å². The van der Waals surface area contributed by atoms with Crippen molar-refractivity contribution in [3.8, 4) is 0 Å². The number of rotatable bonds is 2. The molecule has 0 unspecified atom stereocenters. The van der Waals surface area contributed by atoms with Gasteiger partial charge in [0.2, 0.25) is 0 Å². The molecule has 6 rings (SSSR count). The van der Waals surface area contributed by atoms with Crippen molar-refractivity contribution in [3.63, 3.8) is 0 Å². The Hall–Kier alpha value is -1.86. The minimum atomic E-state index is 0. The molecule has 36 heavy (non-hydrogen) atoms. The molecule has 0 saturated heterocycles. The molecule has 0 aromatic heterocycles. The van der Waals surface area contributed by atoms with Gasteiger partial charge in [-0.2, -0.15) is 6.08 Å². The van der Waals surface area contributed by atoms with E-state index in [0.29, 0.717) is 0 Å². The van der Waals surface area contributed by atoms with Crippen LogP contribution in [0.4, 0.5) is 0 Å². The van der Waals surface area contributed by atoms with Crippen LogP contribution in [0, 0.1) is 6.08 Å². The number of hydrogen-bond acceptors (Lipinski definition) is 0. The molecule has 0 spiro atoms. The zero-order valence-corrected chi connectivity index (χ0v) is 24.7. The van der Waals surface area contributed by atoms with Crippen molar-refractivity contribution >= 4 is 48.0 Å². The molecule has 5 heteroatoms. The molecule has 0 amide bonds. The molecule has 1 aliphatic carbocycles. The molecule has 1 aliphatic rings. The summed E-state index contributed by atoms with van der Waals surface area (Å²) in [5, 5.41) is 6.93. The van der Waals surface area contributed by atoms with E-state index < -0.39 is 0 Å². The third-order valence-corrected chi connectivity index (χ3v) is 7.30. The van der Waals surface area contributed by atoms with Gasteiger partial charge in [-0.05, 0) is 0 Å². The van der Waals surface area contributed by atoms with Gasteiger partial charge >= 0.3 is 120 Å². The van der Waals surface area contributed by atoms with Crippen molar-refractivity contribution in [2.24, 2.45) is 0 Å². The first-order valence-corrected chi connectivity index (χ1v) is 13.0. The van der Waals surface area contributed by atoms with E-state index in [4.69, 9.17) is 23.2 Å². The summed E-state index contributed by atoms with van der Waals surface area (Å²) in [5.41, 5.74) is 2.43. The molecular formula is C31H22Cl4Zr-2. The van der Waals surface area contributed by atoms with E-state index in [9.17, 15) is 0 Å². The van der Waals surface area contributed by atoms with Gasteiger partial charge in [-0.3, -0.25) is 6.08 Å². The molecule has 0 radical (unpaired) electrons. The second-order valence-electron chi connectivity index (χ2n) is 7.71. The molecule has 0 saturated carbocycles. The van der Waals surface area contributed by atoms with Crippen LogP contribution in [0.1, 0.15) is 17.5 Å². The van der Waals surface area contributed by atoms with Crippen molar-refractivity contribution in [1.82, 2.24) is 0 Å². The number of benzene rings is 4. The zero-order valence-electron chi connectivity index (χ0n) is 19.3. The van der Waals surface area contributed by atoms with Crippen LogP contribution >= 0.6 is 23.2 Å². The molecule has 180 valence electrons. The molecule has 0 heterocycles. The fraction of sp³-hybridized carbons (Fsp3) is 0.0323. The van der Waals surface area contributed by atoms with Crippen molar-refractivity contribution in [3.05, 3.63) is 149 Å². The van der Waals surface area contributed by atoms with Crippen LogP contribution in [-0.2, 0) is 24.2 Å². The average Bonchev–Trinajstić information content (AvgIpc) is 3.57. The van der Waals surface area contributed by atoms with Crippen LogP contribution in [-0.4, -0.2) is 3.21 Å². The molecule has 5 aromatic carbocycles. The van der Waals surface area contributed by atoms with Crippen LogP contribution in [0.5, 0.6) is 0 Å². The van der Waals surface area contributed by atoms with Gasteiger partial charge in [-0.1, -0.05) is 36.4 Å². The zero-order chi connectivity index (χ0) is 23.8. The maximum Gasteiger partial charge on any atom is -0.0771 e. The van der Waals surface area contributed by atoms with Gasteiger partial charge in [0.15, 0.2) is 0 Å². The third-order valence-electron chi connectivity index (χ3n) is 5.37. The largest absolute Gasteiger partial charge is 1.00 e. The molecule has 0 nitrogen and oxygen atoms in total. The Balaban J connectivity index is 0.000000205. The Morgan fingerprint density at radius 2 is 1.11 bits per heavy atom. The number of hydrogen-bond donors (Lipinski definition) is 0. The van der Waals surface area contributed by atoms with E-state index in [1.807, 2.05) is 60.7 Å².